The van der Waals surface area contributed by atoms with Crippen LogP contribution in [0.3, 0.4) is 0 Å². The fourth-order valence-electron chi connectivity index (χ4n) is 10.7. The van der Waals surface area contributed by atoms with Crippen LogP contribution in [0.2, 0.25) is 0 Å². The Morgan fingerprint density at radius 2 is 1.52 bits per heavy atom. The molecule has 3 aliphatic heterocycles. The number of hydrogen-bond donors (Lipinski definition) is 0. The number of aromatic nitrogens is 2. The molecule has 0 N–H and O–H groups in total. The molecule has 46 heavy (non-hydrogen) atoms. The molecule has 6 aliphatic rings. The third kappa shape index (κ3) is 2.47. The number of pyridine rings is 1. The summed E-state index contributed by atoms with van der Waals surface area (Å²) in [5.74, 6) is 1.85. The fraction of sp³-hybridized carbons (Fsp3) is 0.244. The maximum absolute atomic E-state index is 6.69. The van der Waals surface area contributed by atoms with Gasteiger partial charge in [-0.1, -0.05) is 56.3 Å². The van der Waals surface area contributed by atoms with Crippen LogP contribution in [0.15, 0.2) is 72.8 Å². The summed E-state index contributed by atoms with van der Waals surface area (Å²) in [5, 5.41) is 3.96. The standard InChI is InChI=1S/C41H32BN3O/c1-21-9-7-10-23-31-22(2)19-28-34-38(31)45-37-26(43-39(45)32(21)23)20-24-33(41(4)17-15-40(24,3)16-18-41)35(37)42(34)25-11-8-14-30-36(25)44(28)27-12-5-6-13-29(27)46-30/h5-14,19-20H,15-18H2,1-4H3. The summed E-state index contributed by atoms with van der Waals surface area (Å²) in [4.78, 5) is 8.14. The molecule has 5 aromatic carbocycles. The second-order valence-electron chi connectivity index (χ2n) is 15.4. The molecule has 4 nitrogen and oxygen atoms in total. The van der Waals surface area contributed by atoms with Crippen molar-refractivity contribution in [1.82, 2.24) is 9.38 Å². The van der Waals surface area contributed by atoms with Crippen LogP contribution in [-0.4, -0.2) is 16.1 Å². The van der Waals surface area contributed by atoms with Crippen LogP contribution in [0.25, 0.3) is 38.4 Å². The van der Waals surface area contributed by atoms with E-state index in [1.165, 1.54) is 91.8 Å². The second kappa shape index (κ2) is 7.44. The van der Waals surface area contributed by atoms with Crippen LogP contribution in [-0.2, 0) is 10.8 Å². The zero-order valence-electron chi connectivity index (χ0n) is 26.6. The summed E-state index contributed by atoms with van der Waals surface area (Å²) in [7, 11) is 0. The van der Waals surface area contributed by atoms with E-state index in [2.05, 4.69) is 110 Å². The number of benzene rings is 5. The molecule has 1 fully saturated rings. The van der Waals surface area contributed by atoms with E-state index in [-0.39, 0.29) is 17.5 Å². The average Bonchev–Trinajstić information content (AvgIpc) is 3.45. The zero-order valence-corrected chi connectivity index (χ0v) is 26.6. The van der Waals surface area contributed by atoms with Crippen LogP contribution in [0, 0.1) is 13.8 Å². The van der Waals surface area contributed by atoms with E-state index in [9.17, 15) is 0 Å². The molecule has 13 rings (SSSR count). The number of aryl methyl sites for hydroxylation is 2. The van der Waals surface area contributed by atoms with Crippen molar-refractivity contribution >= 4 is 78.5 Å². The summed E-state index contributed by atoms with van der Waals surface area (Å²) in [5.41, 5.74) is 18.9. The SMILES string of the molecule is Cc1cccc2c1c1nc3cc4c(c5c3n1c1c3c(cc(C)c21)N1c2ccccc2Oc2cccc(c21)B53)C1(C)CCC4(C)CC1. The lowest BCUT2D eigenvalue weighted by Gasteiger charge is -2.54. The van der Waals surface area contributed by atoms with Gasteiger partial charge < -0.3 is 9.64 Å². The molecule has 0 unspecified atom stereocenters. The van der Waals surface area contributed by atoms with Crippen LogP contribution in [0.1, 0.15) is 61.8 Å². The number of anilines is 3. The Morgan fingerprint density at radius 3 is 2.39 bits per heavy atom. The van der Waals surface area contributed by atoms with Crippen molar-refractivity contribution in [3.63, 3.8) is 0 Å². The van der Waals surface area contributed by atoms with E-state index >= 15 is 0 Å². The van der Waals surface area contributed by atoms with Crippen LogP contribution < -0.4 is 26.0 Å². The van der Waals surface area contributed by atoms with E-state index in [0.29, 0.717) is 0 Å². The van der Waals surface area contributed by atoms with Crippen molar-refractivity contribution < 1.29 is 4.74 Å². The molecule has 0 amide bonds. The monoisotopic (exact) mass is 593 g/mol. The number of nitrogens with zero attached hydrogens (tertiary/aromatic N) is 3. The number of para-hydroxylation sites is 3. The van der Waals surface area contributed by atoms with Crippen molar-refractivity contribution in [2.75, 3.05) is 4.90 Å². The zero-order chi connectivity index (χ0) is 30.4. The van der Waals surface area contributed by atoms with Gasteiger partial charge in [0, 0.05) is 16.5 Å². The first-order chi connectivity index (χ1) is 22.4. The van der Waals surface area contributed by atoms with Gasteiger partial charge in [-0.2, -0.15) is 0 Å². The van der Waals surface area contributed by atoms with Crippen LogP contribution >= 0.6 is 0 Å². The number of imidazole rings is 1. The van der Waals surface area contributed by atoms with E-state index < -0.39 is 0 Å². The van der Waals surface area contributed by atoms with E-state index in [0.717, 1.165) is 28.4 Å². The summed E-state index contributed by atoms with van der Waals surface area (Å²) in [6.45, 7) is 9.76. The maximum atomic E-state index is 6.69. The summed E-state index contributed by atoms with van der Waals surface area (Å²) < 4.78 is 9.29. The van der Waals surface area contributed by atoms with Gasteiger partial charge >= 0.3 is 0 Å². The lowest BCUT2D eigenvalue weighted by Crippen LogP contribution is -2.63. The minimum atomic E-state index is 0.102. The van der Waals surface area contributed by atoms with Crippen LogP contribution in [0.5, 0.6) is 11.5 Å². The second-order valence-corrected chi connectivity index (χ2v) is 15.4. The lowest BCUT2D eigenvalue weighted by molar-refractivity contribution is 0.189. The quantitative estimate of drug-likeness (QED) is 0.131. The normalized spacial score (nSPS) is 22.7. The Labute approximate surface area is 267 Å². The predicted molar refractivity (Wildman–Crippen MR) is 190 cm³/mol. The van der Waals surface area contributed by atoms with Crippen molar-refractivity contribution in [2.24, 2.45) is 0 Å². The molecule has 2 bridgehead atoms. The fourth-order valence-corrected chi connectivity index (χ4v) is 10.7. The number of ether oxygens (including phenoxy) is 1. The summed E-state index contributed by atoms with van der Waals surface area (Å²) in [6.07, 6.45) is 5.01. The molecule has 0 atom stereocenters. The number of fused-ring (bicyclic) bond motifs is 10. The van der Waals surface area contributed by atoms with Gasteiger partial charge in [0.05, 0.1) is 27.9 Å². The van der Waals surface area contributed by atoms with Crippen molar-refractivity contribution in [3.8, 4) is 11.5 Å². The highest BCUT2D eigenvalue weighted by Gasteiger charge is 2.53. The molecule has 220 valence electrons. The molecule has 0 spiro atoms. The predicted octanol–water partition coefficient (Wildman–Crippen LogP) is 8.23. The Kier molecular flexibility index (Phi) is 3.96. The van der Waals surface area contributed by atoms with E-state index in [4.69, 9.17) is 9.72 Å². The maximum Gasteiger partial charge on any atom is 0.252 e. The third-order valence-corrected chi connectivity index (χ3v) is 12.9. The van der Waals surface area contributed by atoms with Crippen molar-refractivity contribution in [1.29, 1.82) is 0 Å². The molecule has 2 aromatic heterocycles. The minimum Gasteiger partial charge on any atom is -0.453 e. The highest BCUT2D eigenvalue weighted by Crippen LogP contribution is 2.58. The first kappa shape index (κ1) is 24.5. The van der Waals surface area contributed by atoms with Gasteiger partial charge in [-0.3, -0.25) is 4.40 Å². The Hall–Kier alpha value is -4.77. The van der Waals surface area contributed by atoms with Gasteiger partial charge in [-0.15, -0.1) is 0 Å². The first-order valence-electron chi connectivity index (χ1n) is 16.9. The van der Waals surface area contributed by atoms with Gasteiger partial charge in [0.15, 0.2) is 11.5 Å². The molecule has 0 radical (unpaired) electrons. The molecule has 0 saturated heterocycles. The summed E-state index contributed by atoms with van der Waals surface area (Å²) >= 11 is 0. The van der Waals surface area contributed by atoms with Crippen LogP contribution in [0.4, 0.5) is 17.1 Å². The molecular formula is C41H32BN3O. The highest BCUT2D eigenvalue weighted by molar-refractivity contribution is 7.01. The largest absolute Gasteiger partial charge is 0.453 e. The van der Waals surface area contributed by atoms with Gasteiger partial charge in [0.25, 0.3) is 6.71 Å². The topological polar surface area (TPSA) is 29.8 Å². The third-order valence-electron chi connectivity index (χ3n) is 12.9. The number of hydrogen-bond acceptors (Lipinski definition) is 3. The van der Waals surface area contributed by atoms with Crippen molar-refractivity contribution in [2.45, 2.75) is 64.2 Å². The number of rotatable bonds is 0. The average molecular weight is 594 g/mol. The molecule has 5 heterocycles. The van der Waals surface area contributed by atoms with Crippen molar-refractivity contribution in [3.05, 3.63) is 95.1 Å². The smallest absolute Gasteiger partial charge is 0.252 e. The Balaban J connectivity index is 1.39. The highest BCUT2D eigenvalue weighted by atomic mass is 16.5. The first-order valence-corrected chi connectivity index (χ1v) is 16.9. The van der Waals surface area contributed by atoms with E-state index in [1.807, 2.05) is 0 Å². The Morgan fingerprint density at radius 1 is 0.739 bits per heavy atom. The molecule has 1 saturated carbocycles. The van der Waals surface area contributed by atoms with E-state index in [1.54, 1.807) is 11.1 Å². The lowest BCUT2D eigenvalue weighted by atomic mass is 9.31. The van der Waals surface area contributed by atoms with Gasteiger partial charge in [0.1, 0.15) is 5.65 Å². The minimum absolute atomic E-state index is 0.102. The molecular weight excluding hydrogens is 561 g/mol. The van der Waals surface area contributed by atoms with Gasteiger partial charge in [-0.05, 0) is 125 Å². The molecule has 7 aromatic rings. The summed E-state index contributed by atoms with van der Waals surface area (Å²) in [6, 6.07) is 27.1. The Bertz CT molecular complexity index is 2640. The molecule has 3 aliphatic carbocycles. The van der Waals surface area contributed by atoms with Gasteiger partial charge in [0.2, 0.25) is 0 Å². The van der Waals surface area contributed by atoms with Gasteiger partial charge in [-0.25, -0.2) is 4.98 Å². The molecule has 5 heteroatoms.